The Bertz CT molecular complexity index is 607. The smallest absolute Gasteiger partial charge is 0.276 e. The van der Waals surface area contributed by atoms with Gasteiger partial charge < -0.3 is 5.32 Å². The Kier molecular flexibility index (Phi) is 4.57. The molecule has 1 heterocycles. The molecule has 0 spiro atoms. The highest BCUT2D eigenvalue weighted by Gasteiger charge is 2.10. The number of aromatic nitrogens is 2. The molecule has 104 valence electrons. The van der Waals surface area contributed by atoms with E-state index < -0.39 is 0 Å². The predicted octanol–water partition coefficient (Wildman–Crippen LogP) is 4.16. The Morgan fingerprint density at radius 3 is 2.25 bits per heavy atom. The molecule has 6 heteroatoms. The minimum Gasteiger partial charge on any atom is -0.320 e. The van der Waals surface area contributed by atoms with Crippen molar-refractivity contribution in [3.63, 3.8) is 0 Å². The summed E-state index contributed by atoms with van der Waals surface area (Å²) in [5.74, 6) is -0.0857. The summed E-state index contributed by atoms with van der Waals surface area (Å²) in [6.07, 6.45) is 0. The van der Waals surface area contributed by atoms with Crippen LogP contribution in [0.25, 0.3) is 0 Å². The van der Waals surface area contributed by atoms with Gasteiger partial charge in [0.2, 0.25) is 0 Å². The van der Waals surface area contributed by atoms with Crippen molar-refractivity contribution in [2.45, 2.75) is 19.8 Å². The van der Waals surface area contributed by atoms with E-state index in [2.05, 4.69) is 15.5 Å². The minimum atomic E-state index is -0.355. The van der Waals surface area contributed by atoms with E-state index in [0.29, 0.717) is 15.7 Å². The van der Waals surface area contributed by atoms with Crippen LogP contribution >= 0.6 is 23.2 Å². The van der Waals surface area contributed by atoms with Crippen LogP contribution in [0.2, 0.25) is 10.0 Å². The molecular formula is C14H13Cl2N3O. The van der Waals surface area contributed by atoms with Gasteiger partial charge in [0.05, 0.1) is 5.69 Å². The van der Waals surface area contributed by atoms with Crippen LogP contribution in [-0.4, -0.2) is 16.1 Å². The Hall–Kier alpha value is -1.65. The third-order valence-corrected chi connectivity index (χ3v) is 3.07. The second-order valence-electron chi connectivity index (χ2n) is 4.61. The van der Waals surface area contributed by atoms with E-state index in [4.69, 9.17) is 23.2 Å². The molecule has 0 saturated carbocycles. The van der Waals surface area contributed by atoms with Crippen molar-refractivity contribution in [2.24, 2.45) is 0 Å². The molecule has 1 aromatic heterocycles. The van der Waals surface area contributed by atoms with Crippen LogP contribution in [0, 0.1) is 0 Å². The largest absolute Gasteiger partial charge is 0.320 e. The number of benzene rings is 1. The van der Waals surface area contributed by atoms with Gasteiger partial charge in [-0.15, -0.1) is 5.10 Å². The molecule has 0 aliphatic carbocycles. The lowest BCUT2D eigenvalue weighted by Gasteiger charge is -2.07. The highest BCUT2D eigenvalue weighted by atomic mass is 35.5. The van der Waals surface area contributed by atoms with Crippen LogP contribution in [0.4, 0.5) is 5.69 Å². The van der Waals surface area contributed by atoms with Crippen molar-refractivity contribution in [1.29, 1.82) is 0 Å². The van der Waals surface area contributed by atoms with Gasteiger partial charge in [0.1, 0.15) is 0 Å². The first-order valence-corrected chi connectivity index (χ1v) is 6.82. The Labute approximate surface area is 127 Å². The van der Waals surface area contributed by atoms with E-state index in [1.807, 2.05) is 13.8 Å². The summed E-state index contributed by atoms with van der Waals surface area (Å²) < 4.78 is 0. The quantitative estimate of drug-likeness (QED) is 0.926. The standard InChI is InChI=1S/C14H13Cl2N3O/c1-8(2)12-3-4-13(19-18-12)14(20)17-11-6-9(15)5-10(16)7-11/h3-8H,1-2H3,(H,17,20). The minimum absolute atomic E-state index is 0.241. The SMILES string of the molecule is CC(C)c1ccc(C(=O)Nc2cc(Cl)cc(Cl)c2)nn1. The van der Waals surface area contributed by atoms with E-state index in [1.54, 1.807) is 30.3 Å². The lowest BCUT2D eigenvalue weighted by molar-refractivity contribution is 0.102. The average Bonchev–Trinajstić information content (AvgIpc) is 2.37. The van der Waals surface area contributed by atoms with Gasteiger partial charge in [-0.2, -0.15) is 5.10 Å². The molecular weight excluding hydrogens is 297 g/mol. The van der Waals surface area contributed by atoms with Crippen molar-refractivity contribution in [2.75, 3.05) is 5.32 Å². The lowest BCUT2D eigenvalue weighted by atomic mass is 10.1. The molecule has 0 aliphatic heterocycles. The van der Waals surface area contributed by atoms with Crippen molar-refractivity contribution in [3.8, 4) is 0 Å². The van der Waals surface area contributed by atoms with Crippen molar-refractivity contribution in [1.82, 2.24) is 10.2 Å². The number of rotatable bonds is 3. The number of amides is 1. The Morgan fingerprint density at radius 2 is 1.75 bits per heavy atom. The third-order valence-electron chi connectivity index (χ3n) is 2.63. The zero-order valence-electron chi connectivity index (χ0n) is 11.0. The maximum atomic E-state index is 12.0. The molecule has 0 radical (unpaired) electrons. The zero-order valence-corrected chi connectivity index (χ0v) is 12.5. The number of anilines is 1. The van der Waals surface area contributed by atoms with Gasteiger partial charge in [-0.05, 0) is 36.2 Å². The fourth-order valence-corrected chi connectivity index (χ4v) is 2.12. The number of hydrogen-bond donors (Lipinski definition) is 1. The van der Waals surface area contributed by atoms with E-state index in [-0.39, 0.29) is 17.5 Å². The first kappa shape index (κ1) is 14.8. The topological polar surface area (TPSA) is 54.9 Å². The van der Waals surface area contributed by atoms with Gasteiger partial charge >= 0.3 is 0 Å². The molecule has 1 amide bonds. The van der Waals surface area contributed by atoms with Gasteiger partial charge in [-0.3, -0.25) is 4.79 Å². The second-order valence-corrected chi connectivity index (χ2v) is 5.48. The number of nitrogens with zero attached hydrogens (tertiary/aromatic N) is 2. The molecule has 0 unspecified atom stereocenters. The van der Waals surface area contributed by atoms with Crippen LogP contribution in [0.3, 0.4) is 0 Å². The summed E-state index contributed by atoms with van der Waals surface area (Å²) in [4.78, 5) is 12.0. The van der Waals surface area contributed by atoms with Crippen LogP contribution in [0.1, 0.15) is 35.9 Å². The molecule has 20 heavy (non-hydrogen) atoms. The summed E-state index contributed by atoms with van der Waals surface area (Å²) in [6.45, 7) is 4.02. The molecule has 4 nitrogen and oxygen atoms in total. The highest BCUT2D eigenvalue weighted by molar-refractivity contribution is 6.35. The van der Waals surface area contributed by atoms with Gasteiger partial charge in [-0.1, -0.05) is 37.0 Å². The first-order chi connectivity index (χ1) is 9.45. The van der Waals surface area contributed by atoms with Gasteiger partial charge in [0.25, 0.3) is 5.91 Å². The summed E-state index contributed by atoms with van der Waals surface area (Å²) in [6, 6.07) is 8.25. The van der Waals surface area contributed by atoms with Crippen molar-refractivity contribution >= 4 is 34.8 Å². The van der Waals surface area contributed by atoms with Crippen LogP contribution in [0.15, 0.2) is 30.3 Å². The average molecular weight is 310 g/mol. The molecule has 1 aromatic carbocycles. The van der Waals surface area contributed by atoms with E-state index in [9.17, 15) is 4.79 Å². The molecule has 1 N–H and O–H groups in total. The molecule has 0 fully saturated rings. The summed E-state index contributed by atoms with van der Waals surface area (Å²) >= 11 is 11.7. The zero-order chi connectivity index (χ0) is 14.7. The van der Waals surface area contributed by atoms with Gasteiger partial charge in [0, 0.05) is 15.7 Å². The summed E-state index contributed by atoms with van der Waals surface area (Å²) in [7, 11) is 0. The lowest BCUT2D eigenvalue weighted by Crippen LogP contribution is -2.15. The maximum Gasteiger partial charge on any atom is 0.276 e. The molecule has 0 bridgehead atoms. The fraction of sp³-hybridized carbons (Fsp3) is 0.214. The molecule has 0 aliphatic rings. The monoisotopic (exact) mass is 309 g/mol. The normalized spacial score (nSPS) is 10.7. The molecule has 2 rings (SSSR count). The van der Waals surface area contributed by atoms with E-state index in [0.717, 1.165) is 5.69 Å². The second kappa shape index (κ2) is 6.20. The maximum absolute atomic E-state index is 12.0. The molecule has 0 atom stereocenters. The number of carbonyl (C=O) groups is 1. The Balaban J connectivity index is 2.15. The number of nitrogens with one attached hydrogen (secondary N) is 1. The van der Waals surface area contributed by atoms with E-state index in [1.165, 1.54) is 0 Å². The fourth-order valence-electron chi connectivity index (χ4n) is 1.59. The predicted molar refractivity (Wildman–Crippen MR) is 80.5 cm³/mol. The molecule has 0 saturated heterocycles. The number of hydrogen-bond acceptors (Lipinski definition) is 3. The number of halogens is 2. The van der Waals surface area contributed by atoms with E-state index >= 15 is 0 Å². The summed E-state index contributed by atoms with van der Waals surface area (Å²) in [5, 5.41) is 11.5. The van der Waals surface area contributed by atoms with Gasteiger partial charge in [-0.25, -0.2) is 0 Å². The Morgan fingerprint density at radius 1 is 1.10 bits per heavy atom. The highest BCUT2D eigenvalue weighted by Crippen LogP contribution is 2.22. The van der Waals surface area contributed by atoms with Gasteiger partial charge in [0.15, 0.2) is 5.69 Å². The van der Waals surface area contributed by atoms with Crippen LogP contribution < -0.4 is 5.32 Å². The summed E-state index contributed by atoms with van der Waals surface area (Å²) in [5.41, 5.74) is 1.60. The number of carbonyl (C=O) groups excluding carboxylic acids is 1. The molecule has 2 aromatic rings. The van der Waals surface area contributed by atoms with Crippen LogP contribution in [-0.2, 0) is 0 Å². The third kappa shape index (κ3) is 3.68. The van der Waals surface area contributed by atoms with Crippen molar-refractivity contribution in [3.05, 3.63) is 51.8 Å². The van der Waals surface area contributed by atoms with Crippen LogP contribution in [0.5, 0.6) is 0 Å². The first-order valence-electron chi connectivity index (χ1n) is 6.07. The van der Waals surface area contributed by atoms with Crippen molar-refractivity contribution < 1.29 is 4.79 Å².